The summed E-state index contributed by atoms with van der Waals surface area (Å²) in [5.74, 6) is 7.73. The number of benzene rings is 1. The molecule has 0 saturated heterocycles. The molecule has 0 radical (unpaired) electrons. The fourth-order valence-electron chi connectivity index (χ4n) is 3.64. The lowest BCUT2D eigenvalue weighted by atomic mass is 10.0. The van der Waals surface area contributed by atoms with Crippen LogP contribution in [0.25, 0.3) is 0 Å². The summed E-state index contributed by atoms with van der Waals surface area (Å²) < 4.78 is 0. The first-order valence-electron chi connectivity index (χ1n) is 7.80. The van der Waals surface area contributed by atoms with Crippen LogP contribution in [0.4, 0.5) is 0 Å². The minimum atomic E-state index is 0.0263. The lowest BCUT2D eigenvalue weighted by Gasteiger charge is -2.15. The van der Waals surface area contributed by atoms with Gasteiger partial charge < -0.3 is 11.1 Å². The standard InChI is InChI=1S/C18H22N2O/c1-12(14-7-2-5-13(11-14)6-4-10-19)20-18(21)17-15-8-3-9-16(15)17/h2,5,7,11-12,15-17H,3,8-10,19H2,1H3,(H,20,21). The van der Waals surface area contributed by atoms with Gasteiger partial charge in [0, 0.05) is 11.5 Å². The highest BCUT2D eigenvalue weighted by atomic mass is 16.2. The summed E-state index contributed by atoms with van der Waals surface area (Å²) in [5.41, 5.74) is 7.44. The minimum absolute atomic E-state index is 0.0263. The van der Waals surface area contributed by atoms with E-state index in [0.717, 1.165) is 11.1 Å². The zero-order valence-corrected chi connectivity index (χ0v) is 12.4. The maximum Gasteiger partial charge on any atom is 0.224 e. The quantitative estimate of drug-likeness (QED) is 0.835. The van der Waals surface area contributed by atoms with Gasteiger partial charge in [0.05, 0.1) is 12.6 Å². The minimum Gasteiger partial charge on any atom is -0.349 e. The monoisotopic (exact) mass is 282 g/mol. The molecule has 1 aromatic carbocycles. The molecule has 3 heteroatoms. The predicted molar refractivity (Wildman–Crippen MR) is 83.3 cm³/mol. The molecule has 21 heavy (non-hydrogen) atoms. The van der Waals surface area contributed by atoms with Gasteiger partial charge in [0.1, 0.15) is 0 Å². The molecule has 3 N–H and O–H groups in total. The van der Waals surface area contributed by atoms with Crippen LogP contribution in [0.2, 0.25) is 0 Å². The molecule has 0 aromatic heterocycles. The molecular weight excluding hydrogens is 260 g/mol. The van der Waals surface area contributed by atoms with Gasteiger partial charge in [-0.25, -0.2) is 0 Å². The summed E-state index contributed by atoms with van der Waals surface area (Å²) in [6.07, 6.45) is 3.78. The first kappa shape index (κ1) is 14.2. The van der Waals surface area contributed by atoms with E-state index in [2.05, 4.69) is 17.2 Å². The van der Waals surface area contributed by atoms with Crippen molar-refractivity contribution in [3.05, 3.63) is 35.4 Å². The molecule has 0 aliphatic heterocycles. The Kier molecular flexibility index (Phi) is 3.98. The van der Waals surface area contributed by atoms with Crippen LogP contribution in [-0.4, -0.2) is 12.5 Å². The zero-order chi connectivity index (χ0) is 14.8. The molecule has 3 nitrogen and oxygen atoms in total. The maximum absolute atomic E-state index is 12.3. The number of hydrogen-bond donors (Lipinski definition) is 2. The second kappa shape index (κ2) is 5.91. The van der Waals surface area contributed by atoms with Crippen LogP contribution in [0.3, 0.4) is 0 Å². The number of nitrogens with one attached hydrogen (secondary N) is 1. The zero-order valence-electron chi connectivity index (χ0n) is 12.4. The summed E-state index contributed by atoms with van der Waals surface area (Å²) in [6, 6.07) is 8.03. The highest BCUT2D eigenvalue weighted by molar-refractivity contribution is 5.82. The Balaban J connectivity index is 1.62. The number of hydrogen-bond acceptors (Lipinski definition) is 2. The van der Waals surface area contributed by atoms with E-state index in [1.807, 2.05) is 31.2 Å². The number of rotatable bonds is 3. The van der Waals surface area contributed by atoms with Crippen molar-refractivity contribution in [1.82, 2.24) is 5.32 Å². The van der Waals surface area contributed by atoms with Gasteiger partial charge in [-0.15, -0.1) is 0 Å². The number of fused-ring (bicyclic) bond motifs is 1. The molecule has 1 aromatic rings. The Morgan fingerprint density at radius 2 is 2.19 bits per heavy atom. The highest BCUT2D eigenvalue weighted by Crippen LogP contribution is 2.57. The maximum atomic E-state index is 12.3. The van der Waals surface area contributed by atoms with Crippen LogP contribution in [-0.2, 0) is 4.79 Å². The van der Waals surface area contributed by atoms with Crippen LogP contribution in [0.1, 0.15) is 43.4 Å². The molecule has 3 unspecified atom stereocenters. The van der Waals surface area contributed by atoms with Gasteiger partial charge in [-0.1, -0.05) is 30.4 Å². The van der Waals surface area contributed by atoms with E-state index < -0.39 is 0 Å². The van der Waals surface area contributed by atoms with E-state index in [0.29, 0.717) is 18.4 Å². The Bertz CT molecular complexity index is 589. The Hall–Kier alpha value is -1.79. The molecular formula is C18H22N2O. The number of carbonyl (C=O) groups is 1. The van der Waals surface area contributed by atoms with Crippen molar-refractivity contribution in [2.45, 2.75) is 32.2 Å². The lowest BCUT2D eigenvalue weighted by molar-refractivity contribution is -0.123. The molecule has 2 saturated carbocycles. The molecule has 2 fully saturated rings. The molecule has 110 valence electrons. The van der Waals surface area contributed by atoms with Crippen LogP contribution >= 0.6 is 0 Å². The third-order valence-corrected chi connectivity index (χ3v) is 4.79. The second-order valence-corrected chi connectivity index (χ2v) is 6.15. The van der Waals surface area contributed by atoms with E-state index in [1.165, 1.54) is 19.3 Å². The van der Waals surface area contributed by atoms with Gasteiger partial charge >= 0.3 is 0 Å². The second-order valence-electron chi connectivity index (χ2n) is 6.15. The smallest absolute Gasteiger partial charge is 0.224 e. The van der Waals surface area contributed by atoms with Gasteiger partial charge in [-0.3, -0.25) is 4.79 Å². The average molecular weight is 282 g/mol. The van der Waals surface area contributed by atoms with Crippen LogP contribution in [0.5, 0.6) is 0 Å². The van der Waals surface area contributed by atoms with Gasteiger partial charge in [-0.2, -0.15) is 0 Å². The first-order valence-corrected chi connectivity index (χ1v) is 7.80. The van der Waals surface area contributed by atoms with Crippen molar-refractivity contribution in [3.63, 3.8) is 0 Å². The summed E-state index contributed by atoms with van der Waals surface area (Å²) >= 11 is 0. The van der Waals surface area contributed by atoms with Gasteiger partial charge in [0.2, 0.25) is 5.91 Å². The van der Waals surface area contributed by atoms with Crippen molar-refractivity contribution < 1.29 is 4.79 Å². The largest absolute Gasteiger partial charge is 0.349 e. The number of nitrogens with two attached hydrogens (primary N) is 1. The first-order chi connectivity index (χ1) is 10.2. The Labute approximate surface area is 126 Å². The molecule has 2 aliphatic carbocycles. The Morgan fingerprint density at radius 3 is 2.90 bits per heavy atom. The van der Waals surface area contributed by atoms with Gasteiger partial charge in [0.25, 0.3) is 0 Å². The molecule has 0 bridgehead atoms. The SMILES string of the molecule is CC(NC(=O)C1C2CCCC21)c1cccc(C#CCN)c1. The van der Waals surface area contributed by atoms with Crippen LogP contribution < -0.4 is 11.1 Å². The van der Waals surface area contributed by atoms with Gasteiger partial charge in [-0.05, 0) is 49.3 Å². The number of amides is 1. The normalized spacial score (nSPS) is 27.2. The Morgan fingerprint density at radius 1 is 1.43 bits per heavy atom. The molecule has 0 spiro atoms. The van der Waals surface area contributed by atoms with E-state index in [1.54, 1.807) is 0 Å². The van der Waals surface area contributed by atoms with Crippen molar-refractivity contribution in [2.75, 3.05) is 6.54 Å². The predicted octanol–water partition coefficient (Wildman–Crippen LogP) is 2.22. The highest BCUT2D eigenvalue weighted by Gasteiger charge is 2.56. The molecule has 3 rings (SSSR count). The average Bonchev–Trinajstić information content (AvgIpc) is 2.99. The summed E-state index contributed by atoms with van der Waals surface area (Å²) in [6.45, 7) is 2.40. The summed E-state index contributed by atoms with van der Waals surface area (Å²) in [5, 5.41) is 3.16. The molecule has 3 atom stereocenters. The van der Waals surface area contributed by atoms with E-state index in [9.17, 15) is 4.79 Å². The third-order valence-electron chi connectivity index (χ3n) is 4.79. The summed E-state index contributed by atoms with van der Waals surface area (Å²) in [4.78, 5) is 12.3. The van der Waals surface area contributed by atoms with Crippen molar-refractivity contribution >= 4 is 5.91 Å². The fourth-order valence-corrected chi connectivity index (χ4v) is 3.64. The van der Waals surface area contributed by atoms with Crippen molar-refractivity contribution in [2.24, 2.45) is 23.5 Å². The van der Waals surface area contributed by atoms with Crippen molar-refractivity contribution in [1.29, 1.82) is 0 Å². The summed E-state index contributed by atoms with van der Waals surface area (Å²) in [7, 11) is 0. The van der Waals surface area contributed by atoms with Crippen LogP contribution in [0, 0.1) is 29.6 Å². The van der Waals surface area contributed by atoms with E-state index in [-0.39, 0.29) is 17.9 Å². The third kappa shape index (κ3) is 2.96. The van der Waals surface area contributed by atoms with Crippen molar-refractivity contribution in [3.8, 4) is 11.8 Å². The molecule has 0 heterocycles. The van der Waals surface area contributed by atoms with Gasteiger partial charge in [0.15, 0.2) is 0 Å². The topological polar surface area (TPSA) is 55.1 Å². The van der Waals surface area contributed by atoms with E-state index >= 15 is 0 Å². The lowest BCUT2D eigenvalue weighted by Crippen LogP contribution is -2.29. The van der Waals surface area contributed by atoms with Crippen LogP contribution in [0.15, 0.2) is 24.3 Å². The molecule has 2 aliphatic rings. The molecule has 1 amide bonds. The van der Waals surface area contributed by atoms with E-state index in [4.69, 9.17) is 5.73 Å². The fraction of sp³-hybridized carbons (Fsp3) is 0.500. The number of carbonyl (C=O) groups excluding carboxylic acids is 1.